The summed E-state index contributed by atoms with van der Waals surface area (Å²) in [5, 5.41) is 6.51. The standard InChI is InChI=1S/C16H31N3O3.2ClH/c1-15(2,19-8-10-22-11-9-19)12-18-14(20)16(13-21-3)4-6-17-7-5-16;;/h17H,4-13H2,1-3H3,(H,18,20);2*1H. The topological polar surface area (TPSA) is 62.8 Å². The predicted molar refractivity (Wildman–Crippen MR) is 100 cm³/mol. The van der Waals surface area contributed by atoms with E-state index >= 15 is 0 Å². The zero-order valence-electron chi connectivity index (χ0n) is 15.1. The zero-order valence-corrected chi connectivity index (χ0v) is 16.7. The van der Waals surface area contributed by atoms with Crippen LogP contribution in [0.4, 0.5) is 0 Å². The van der Waals surface area contributed by atoms with Gasteiger partial charge in [0.05, 0.1) is 25.2 Å². The minimum absolute atomic E-state index is 0. The molecule has 2 saturated heterocycles. The summed E-state index contributed by atoms with van der Waals surface area (Å²) in [6.45, 7) is 10.7. The van der Waals surface area contributed by atoms with Gasteiger partial charge in [-0.05, 0) is 39.8 Å². The average Bonchev–Trinajstić information content (AvgIpc) is 2.54. The number of morpholine rings is 1. The van der Waals surface area contributed by atoms with Crippen LogP contribution in [-0.4, -0.2) is 76.0 Å². The van der Waals surface area contributed by atoms with Crippen molar-refractivity contribution in [3.05, 3.63) is 0 Å². The van der Waals surface area contributed by atoms with E-state index in [1.807, 2.05) is 0 Å². The van der Waals surface area contributed by atoms with Crippen molar-refractivity contribution < 1.29 is 14.3 Å². The molecule has 0 unspecified atom stereocenters. The number of hydrogen-bond acceptors (Lipinski definition) is 5. The van der Waals surface area contributed by atoms with Gasteiger partial charge in [0.15, 0.2) is 0 Å². The van der Waals surface area contributed by atoms with Gasteiger partial charge < -0.3 is 20.1 Å². The number of halogens is 2. The van der Waals surface area contributed by atoms with E-state index in [4.69, 9.17) is 9.47 Å². The number of ether oxygens (including phenoxy) is 2. The third-order valence-electron chi connectivity index (χ3n) is 5.01. The van der Waals surface area contributed by atoms with Crippen LogP contribution in [-0.2, 0) is 14.3 Å². The molecule has 144 valence electrons. The first-order chi connectivity index (χ1) is 10.5. The van der Waals surface area contributed by atoms with Crippen molar-refractivity contribution in [2.45, 2.75) is 32.2 Å². The largest absolute Gasteiger partial charge is 0.384 e. The number of nitrogens with one attached hydrogen (secondary N) is 2. The molecule has 2 heterocycles. The molecular weight excluding hydrogens is 353 g/mol. The lowest BCUT2D eigenvalue weighted by Crippen LogP contribution is -2.58. The molecule has 0 atom stereocenters. The number of amides is 1. The highest BCUT2D eigenvalue weighted by molar-refractivity contribution is 5.85. The Morgan fingerprint density at radius 1 is 1.25 bits per heavy atom. The van der Waals surface area contributed by atoms with Gasteiger partial charge in [-0.2, -0.15) is 0 Å². The van der Waals surface area contributed by atoms with Gasteiger partial charge in [-0.25, -0.2) is 0 Å². The minimum atomic E-state index is -0.374. The number of nitrogens with zero attached hydrogens (tertiary/aromatic N) is 1. The molecule has 0 bridgehead atoms. The molecule has 2 fully saturated rings. The smallest absolute Gasteiger partial charge is 0.228 e. The summed E-state index contributed by atoms with van der Waals surface area (Å²) in [7, 11) is 1.68. The molecule has 0 radical (unpaired) electrons. The highest BCUT2D eigenvalue weighted by Crippen LogP contribution is 2.29. The Balaban J connectivity index is 0.00000264. The van der Waals surface area contributed by atoms with Crippen molar-refractivity contribution in [1.29, 1.82) is 0 Å². The van der Waals surface area contributed by atoms with Crippen molar-refractivity contribution in [3.8, 4) is 0 Å². The fourth-order valence-corrected chi connectivity index (χ4v) is 3.38. The maximum atomic E-state index is 12.8. The quantitative estimate of drug-likeness (QED) is 0.715. The summed E-state index contributed by atoms with van der Waals surface area (Å²) < 4.78 is 10.7. The van der Waals surface area contributed by atoms with Gasteiger partial charge in [0.25, 0.3) is 0 Å². The van der Waals surface area contributed by atoms with Crippen LogP contribution in [0.15, 0.2) is 0 Å². The summed E-state index contributed by atoms with van der Waals surface area (Å²) >= 11 is 0. The van der Waals surface area contributed by atoms with Gasteiger partial charge in [-0.15, -0.1) is 24.8 Å². The van der Waals surface area contributed by atoms with Crippen LogP contribution in [0.25, 0.3) is 0 Å². The molecule has 0 aliphatic carbocycles. The van der Waals surface area contributed by atoms with E-state index in [-0.39, 0.29) is 41.7 Å². The Hall–Kier alpha value is -0.110. The third kappa shape index (κ3) is 6.00. The Bertz CT molecular complexity index is 366. The van der Waals surface area contributed by atoms with E-state index in [1.165, 1.54) is 0 Å². The normalized spacial score (nSPS) is 21.3. The first-order valence-electron chi connectivity index (χ1n) is 8.31. The number of carbonyl (C=O) groups is 1. The lowest BCUT2D eigenvalue weighted by atomic mass is 9.78. The second kappa shape index (κ2) is 10.8. The molecule has 2 aliphatic heterocycles. The molecule has 0 aromatic rings. The maximum absolute atomic E-state index is 12.8. The van der Waals surface area contributed by atoms with Crippen LogP contribution in [0.1, 0.15) is 26.7 Å². The second-order valence-corrected chi connectivity index (χ2v) is 7.06. The van der Waals surface area contributed by atoms with Crippen LogP contribution in [0.2, 0.25) is 0 Å². The molecule has 24 heavy (non-hydrogen) atoms. The number of hydrogen-bond donors (Lipinski definition) is 2. The molecule has 0 saturated carbocycles. The van der Waals surface area contributed by atoms with Gasteiger partial charge in [-0.3, -0.25) is 9.69 Å². The van der Waals surface area contributed by atoms with E-state index in [0.717, 1.165) is 52.2 Å². The first kappa shape index (κ1) is 23.9. The van der Waals surface area contributed by atoms with Crippen molar-refractivity contribution >= 4 is 30.7 Å². The number of methoxy groups -OCH3 is 1. The molecule has 6 nitrogen and oxygen atoms in total. The van der Waals surface area contributed by atoms with Crippen molar-refractivity contribution in [2.24, 2.45) is 5.41 Å². The highest BCUT2D eigenvalue weighted by atomic mass is 35.5. The Morgan fingerprint density at radius 3 is 2.38 bits per heavy atom. The van der Waals surface area contributed by atoms with Gasteiger partial charge in [-0.1, -0.05) is 0 Å². The summed E-state index contributed by atoms with van der Waals surface area (Å²) in [5.41, 5.74) is -0.429. The third-order valence-corrected chi connectivity index (χ3v) is 5.01. The molecule has 1 amide bonds. The summed E-state index contributed by atoms with van der Waals surface area (Å²) in [4.78, 5) is 15.2. The lowest BCUT2D eigenvalue weighted by Gasteiger charge is -2.42. The fourth-order valence-electron chi connectivity index (χ4n) is 3.38. The lowest BCUT2D eigenvalue weighted by molar-refractivity contribution is -0.137. The average molecular weight is 386 g/mol. The molecular formula is C16H33Cl2N3O3. The van der Waals surface area contributed by atoms with E-state index in [2.05, 4.69) is 29.4 Å². The van der Waals surface area contributed by atoms with Crippen LogP contribution in [0.3, 0.4) is 0 Å². The number of carbonyl (C=O) groups excluding carboxylic acids is 1. The summed E-state index contributed by atoms with van der Waals surface area (Å²) in [6, 6.07) is 0. The van der Waals surface area contributed by atoms with Crippen LogP contribution >= 0.6 is 24.8 Å². The fraction of sp³-hybridized carbons (Fsp3) is 0.938. The van der Waals surface area contributed by atoms with Crippen LogP contribution in [0, 0.1) is 5.41 Å². The van der Waals surface area contributed by atoms with Crippen LogP contribution < -0.4 is 10.6 Å². The Kier molecular flexibility index (Phi) is 10.7. The van der Waals surface area contributed by atoms with Gasteiger partial charge >= 0.3 is 0 Å². The maximum Gasteiger partial charge on any atom is 0.228 e. The van der Waals surface area contributed by atoms with Crippen molar-refractivity contribution in [2.75, 3.05) is 59.7 Å². The predicted octanol–water partition coefficient (Wildman–Crippen LogP) is 1.07. The van der Waals surface area contributed by atoms with E-state index in [0.29, 0.717) is 13.2 Å². The van der Waals surface area contributed by atoms with Gasteiger partial charge in [0, 0.05) is 32.3 Å². The molecule has 2 aliphatic rings. The molecule has 2 N–H and O–H groups in total. The Morgan fingerprint density at radius 2 is 1.83 bits per heavy atom. The molecule has 0 aromatic carbocycles. The van der Waals surface area contributed by atoms with E-state index in [9.17, 15) is 4.79 Å². The number of piperidine rings is 1. The number of rotatable bonds is 6. The molecule has 8 heteroatoms. The molecule has 2 rings (SSSR count). The second-order valence-electron chi connectivity index (χ2n) is 7.06. The molecule has 0 spiro atoms. The monoisotopic (exact) mass is 385 g/mol. The van der Waals surface area contributed by atoms with Gasteiger partial charge in [0.2, 0.25) is 5.91 Å². The summed E-state index contributed by atoms with van der Waals surface area (Å²) in [6.07, 6.45) is 1.68. The van der Waals surface area contributed by atoms with Crippen molar-refractivity contribution in [3.63, 3.8) is 0 Å². The molecule has 0 aromatic heterocycles. The van der Waals surface area contributed by atoms with Gasteiger partial charge in [0.1, 0.15) is 0 Å². The highest BCUT2D eigenvalue weighted by Gasteiger charge is 2.40. The van der Waals surface area contributed by atoms with E-state index < -0.39 is 0 Å². The first-order valence-corrected chi connectivity index (χ1v) is 8.31. The minimum Gasteiger partial charge on any atom is -0.384 e. The van der Waals surface area contributed by atoms with Crippen molar-refractivity contribution in [1.82, 2.24) is 15.5 Å². The Labute approximate surface area is 158 Å². The summed E-state index contributed by atoms with van der Waals surface area (Å²) in [5.74, 6) is 0.136. The van der Waals surface area contributed by atoms with Crippen LogP contribution in [0.5, 0.6) is 0 Å². The SMILES string of the molecule is COCC1(C(=O)NCC(C)(C)N2CCOCC2)CCNCC1.Cl.Cl. The van der Waals surface area contributed by atoms with E-state index in [1.54, 1.807) is 7.11 Å². The zero-order chi connectivity index (χ0) is 16.1.